The van der Waals surface area contributed by atoms with Gasteiger partial charge in [-0.05, 0) is 19.1 Å². The van der Waals surface area contributed by atoms with E-state index in [0.29, 0.717) is 17.6 Å². The summed E-state index contributed by atoms with van der Waals surface area (Å²) in [6.07, 6.45) is 0.682. The van der Waals surface area contributed by atoms with Gasteiger partial charge in [-0.2, -0.15) is 0 Å². The van der Waals surface area contributed by atoms with Gasteiger partial charge in [-0.25, -0.2) is 0 Å². The molecule has 4 heteroatoms. The summed E-state index contributed by atoms with van der Waals surface area (Å²) in [4.78, 5) is 21.5. The molecule has 14 heavy (non-hydrogen) atoms. The average Bonchev–Trinajstić information content (AvgIpc) is 2.18. The molecule has 0 spiro atoms. The fourth-order valence-electron chi connectivity index (χ4n) is 0.849. The van der Waals surface area contributed by atoms with E-state index < -0.39 is 11.3 Å². The van der Waals surface area contributed by atoms with Gasteiger partial charge in [-0.1, -0.05) is 12.1 Å². The van der Waals surface area contributed by atoms with Crippen molar-refractivity contribution in [2.24, 2.45) is 0 Å². The summed E-state index contributed by atoms with van der Waals surface area (Å²) in [6, 6.07) is 6.31. The Morgan fingerprint density at radius 3 is 2.86 bits per heavy atom. The molecule has 1 rings (SSSR count). The van der Waals surface area contributed by atoms with Crippen LogP contribution in [0.25, 0.3) is 0 Å². The Kier molecular flexibility index (Phi) is 3.65. The van der Waals surface area contributed by atoms with Crippen LogP contribution in [-0.2, 0) is 4.79 Å². The monoisotopic (exact) mass is 212 g/mol. The van der Waals surface area contributed by atoms with Crippen LogP contribution in [0.5, 0.6) is 5.75 Å². The van der Waals surface area contributed by atoms with Gasteiger partial charge in [-0.15, -0.1) is 11.6 Å². The summed E-state index contributed by atoms with van der Waals surface area (Å²) < 4.78 is 4.89. The first-order valence-corrected chi connectivity index (χ1v) is 4.48. The minimum atomic E-state index is -0.699. The zero-order valence-corrected chi connectivity index (χ0v) is 8.32. The quantitative estimate of drug-likeness (QED) is 0.333. The fourth-order valence-corrected chi connectivity index (χ4v) is 0.893. The van der Waals surface area contributed by atoms with Gasteiger partial charge in [0.2, 0.25) is 0 Å². The average molecular weight is 213 g/mol. The molecule has 0 bridgehead atoms. The van der Waals surface area contributed by atoms with Gasteiger partial charge in [0.05, 0.1) is 0 Å². The van der Waals surface area contributed by atoms with Crippen molar-refractivity contribution in [3.63, 3.8) is 0 Å². The summed E-state index contributed by atoms with van der Waals surface area (Å²) in [5, 5.41) is -0.699. The van der Waals surface area contributed by atoms with Crippen molar-refractivity contribution in [1.82, 2.24) is 0 Å². The molecule has 0 fully saturated rings. The van der Waals surface area contributed by atoms with Crippen LogP contribution in [0.1, 0.15) is 17.3 Å². The molecule has 1 aromatic carbocycles. The van der Waals surface area contributed by atoms with Crippen molar-refractivity contribution in [3.05, 3.63) is 29.8 Å². The molecule has 0 N–H and O–H groups in total. The molecule has 0 aliphatic heterocycles. The number of carbonyl (C=O) groups excluding carboxylic acids is 2. The molecule has 1 atom stereocenters. The van der Waals surface area contributed by atoms with Crippen molar-refractivity contribution in [1.29, 1.82) is 0 Å². The molecular formula is C10H9ClO3. The predicted molar refractivity (Wildman–Crippen MR) is 52.8 cm³/mol. The van der Waals surface area contributed by atoms with E-state index in [1.807, 2.05) is 0 Å². The third-order valence-electron chi connectivity index (χ3n) is 1.54. The van der Waals surface area contributed by atoms with Crippen LogP contribution in [0, 0.1) is 0 Å². The van der Waals surface area contributed by atoms with Gasteiger partial charge in [-0.3, -0.25) is 9.59 Å². The summed E-state index contributed by atoms with van der Waals surface area (Å²) in [7, 11) is 0. The van der Waals surface area contributed by atoms with E-state index in [9.17, 15) is 9.59 Å². The second kappa shape index (κ2) is 4.77. The molecule has 0 heterocycles. The molecule has 0 amide bonds. The Hall–Kier alpha value is -1.35. The predicted octanol–water partition coefficient (Wildman–Crippen LogP) is 2.03. The molecule has 74 valence electrons. The van der Waals surface area contributed by atoms with Crippen molar-refractivity contribution in [3.8, 4) is 5.75 Å². The Morgan fingerprint density at radius 1 is 1.57 bits per heavy atom. The van der Waals surface area contributed by atoms with E-state index in [0.717, 1.165) is 0 Å². The van der Waals surface area contributed by atoms with Crippen molar-refractivity contribution < 1.29 is 14.3 Å². The third-order valence-corrected chi connectivity index (χ3v) is 1.72. The lowest BCUT2D eigenvalue weighted by Gasteiger charge is -2.05. The molecule has 0 radical (unpaired) electrons. The largest absolute Gasteiger partial charge is 0.425 e. The second-order valence-corrected chi connectivity index (χ2v) is 3.38. The first kappa shape index (κ1) is 10.7. The summed E-state index contributed by atoms with van der Waals surface area (Å²) in [5.41, 5.74) is 0.456. The van der Waals surface area contributed by atoms with Gasteiger partial charge >= 0.3 is 5.97 Å². The van der Waals surface area contributed by atoms with Crippen molar-refractivity contribution >= 4 is 23.9 Å². The molecule has 1 unspecified atom stereocenters. The molecule has 0 aliphatic rings. The summed E-state index contributed by atoms with van der Waals surface area (Å²) in [5.74, 6) is -0.207. The number of hydrogen-bond donors (Lipinski definition) is 0. The fraction of sp³-hybridized carbons (Fsp3) is 0.200. The zero-order valence-electron chi connectivity index (χ0n) is 7.57. The van der Waals surface area contributed by atoms with Crippen LogP contribution in [0.2, 0.25) is 0 Å². The van der Waals surface area contributed by atoms with Crippen LogP contribution in [0.3, 0.4) is 0 Å². The number of aldehydes is 1. The molecule has 3 nitrogen and oxygen atoms in total. The van der Waals surface area contributed by atoms with E-state index in [-0.39, 0.29) is 0 Å². The van der Waals surface area contributed by atoms with E-state index in [1.165, 1.54) is 13.0 Å². The lowest BCUT2D eigenvalue weighted by molar-refractivity contribution is -0.133. The van der Waals surface area contributed by atoms with Crippen molar-refractivity contribution in [2.75, 3.05) is 0 Å². The van der Waals surface area contributed by atoms with Gasteiger partial charge < -0.3 is 4.74 Å². The highest BCUT2D eigenvalue weighted by molar-refractivity contribution is 6.29. The molecule has 0 aliphatic carbocycles. The van der Waals surface area contributed by atoms with E-state index in [4.69, 9.17) is 16.3 Å². The van der Waals surface area contributed by atoms with E-state index in [1.54, 1.807) is 18.2 Å². The van der Waals surface area contributed by atoms with Gasteiger partial charge in [0.15, 0.2) is 0 Å². The Morgan fingerprint density at radius 2 is 2.29 bits per heavy atom. The molecular weight excluding hydrogens is 204 g/mol. The van der Waals surface area contributed by atoms with Crippen LogP contribution in [0.15, 0.2) is 24.3 Å². The number of rotatable bonds is 3. The van der Waals surface area contributed by atoms with Gasteiger partial charge in [0.1, 0.15) is 17.4 Å². The maximum atomic E-state index is 11.1. The highest BCUT2D eigenvalue weighted by Gasteiger charge is 2.11. The number of benzene rings is 1. The van der Waals surface area contributed by atoms with Gasteiger partial charge in [0.25, 0.3) is 0 Å². The smallest absolute Gasteiger partial charge is 0.329 e. The maximum Gasteiger partial charge on any atom is 0.329 e. The summed E-state index contributed by atoms with van der Waals surface area (Å²) in [6.45, 7) is 1.52. The normalized spacial score (nSPS) is 11.9. The second-order valence-electron chi connectivity index (χ2n) is 2.73. The van der Waals surface area contributed by atoms with Crippen LogP contribution >= 0.6 is 11.6 Å². The Labute approximate surface area is 86.6 Å². The van der Waals surface area contributed by atoms with E-state index in [2.05, 4.69) is 0 Å². The first-order chi connectivity index (χ1) is 6.63. The minimum Gasteiger partial charge on any atom is -0.425 e. The van der Waals surface area contributed by atoms with E-state index >= 15 is 0 Å². The van der Waals surface area contributed by atoms with Crippen LogP contribution in [-0.4, -0.2) is 17.6 Å². The molecule has 1 aromatic rings. The van der Waals surface area contributed by atoms with Crippen LogP contribution < -0.4 is 4.74 Å². The number of alkyl halides is 1. The highest BCUT2D eigenvalue weighted by Crippen LogP contribution is 2.13. The number of esters is 1. The van der Waals surface area contributed by atoms with Gasteiger partial charge in [0, 0.05) is 5.56 Å². The minimum absolute atomic E-state index is 0.326. The molecule has 0 saturated carbocycles. The Bertz CT molecular complexity index is 347. The van der Waals surface area contributed by atoms with Crippen molar-refractivity contribution in [2.45, 2.75) is 12.3 Å². The number of hydrogen-bond acceptors (Lipinski definition) is 3. The highest BCUT2D eigenvalue weighted by atomic mass is 35.5. The third kappa shape index (κ3) is 2.85. The lowest BCUT2D eigenvalue weighted by Crippen LogP contribution is -2.17. The number of ether oxygens (including phenoxy) is 1. The number of halogens is 1. The summed E-state index contributed by atoms with van der Waals surface area (Å²) >= 11 is 5.51. The Balaban J connectivity index is 2.76. The first-order valence-electron chi connectivity index (χ1n) is 4.04. The zero-order chi connectivity index (χ0) is 10.6. The molecule has 0 saturated heterocycles. The van der Waals surface area contributed by atoms with Crippen LogP contribution in [0.4, 0.5) is 0 Å². The maximum absolute atomic E-state index is 11.1. The SMILES string of the molecule is CC(Cl)C(=O)Oc1cccc(C=O)c1. The molecule has 0 aromatic heterocycles. The lowest BCUT2D eigenvalue weighted by atomic mass is 10.2. The topological polar surface area (TPSA) is 43.4 Å². The standard InChI is InChI=1S/C10H9ClO3/c1-7(11)10(13)14-9-4-2-3-8(5-9)6-12/h2-7H,1H3. The number of carbonyl (C=O) groups is 2.